The average molecular weight is 352 g/mol. The second kappa shape index (κ2) is 4.88. The standard InChI is InChI=1S/C15H15BrFN3O/c16-11-6-9(17)3-4-10(11)14-19-15(21-20-14)12-7-1-2-8(5-7)13(12)18/h3-4,6-8,12-13H,1-2,5,18H2. The fraction of sp³-hybridized carbons (Fsp3) is 0.467. The summed E-state index contributed by atoms with van der Waals surface area (Å²) < 4.78 is 19.2. The highest BCUT2D eigenvalue weighted by Crippen LogP contribution is 2.51. The maximum absolute atomic E-state index is 13.2. The predicted molar refractivity (Wildman–Crippen MR) is 78.9 cm³/mol. The van der Waals surface area contributed by atoms with Crippen LogP contribution in [0.2, 0.25) is 0 Å². The van der Waals surface area contributed by atoms with Gasteiger partial charge >= 0.3 is 0 Å². The molecule has 0 radical (unpaired) electrons. The highest BCUT2D eigenvalue weighted by molar-refractivity contribution is 9.10. The molecule has 1 aromatic carbocycles. The SMILES string of the molecule is NC1C2CCC(C2)C1c1nc(-c2ccc(F)cc2Br)no1. The molecule has 0 aliphatic heterocycles. The zero-order valence-electron chi connectivity index (χ0n) is 11.3. The molecule has 1 aromatic heterocycles. The van der Waals surface area contributed by atoms with Crippen LogP contribution in [0.3, 0.4) is 0 Å². The Morgan fingerprint density at radius 1 is 1.29 bits per heavy atom. The Morgan fingerprint density at radius 3 is 2.81 bits per heavy atom. The van der Waals surface area contributed by atoms with Gasteiger partial charge in [0.1, 0.15) is 5.82 Å². The molecule has 0 amide bonds. The topological polar surface area (TPSA) is 64.9 Å². The predicted octanol–water partition coefficient (Wildman–Crippen LogP) is 3.48. The number of nitrogens with two attached hydrogens (primary N) is 1. The van der Waals surface area contributed by atoms with Crippen molar-refractivity contribution in [2.75, 3.05) is 0 Å². The number of aromatic nitrogens is 2. The second-order valence-corrected chi connectivity index (χ2v) is 6.87. The monoisotopic (exact) mass is 351 g/mol. The molecule has 2 saturated carbocycles. The number of hydrogen-bond donors (Lipinski definition) is 1. The van der Waals surface area contributed by atoms with Crippen LogP contribution in [-0.2, 0) is 0 Å². The van der Waals surface area contributed by atoms with E-state index in [1.807, 2.05) is 0 Å². The number of nitrogens with zero attached hydrogens (tertiary/aromatic N) is 2. The molecule has 2 fully saturated rings. The van der Waals surface area contributed by atoms with E-state index in [4.69, 9.17) is 10.3 Å². The summed E-state index contributed by atoms with van der Waals surface area (Å²) in [5.41, 5.74) is 7.03. The maximum atomic E-state index is 13.2. The first-order valence-electron chi connectivity index (χ1n) is 7.18. The van der Waals surface area contributed by atoms with Gasteiger partial charge in [-0.15, -0.1) is 0 Å². The Hall–Kier alpha value is -1.27. The Bertz CT molecular complexity index is 687. The molecule has 4 unspecified atom stereocenters. The average Bonchev–Trinajstić information content (AvgIpc) is 3.13. The van der Waals surface area contributed by atoms with E-state index in [2.05, 4.69) is 26.1 Å². The summed E-state index contributed by atoms with van der Waals surface area (Å²) in [6.07, 6.45) is 3.58. The van der Waals surface area contributed by atoms with Crippen molar-refractivity contribution in [1.82, 2.24) is 10.1 Å². The molecule has 2 aliphatic rings. The van der Waals surface area contributed by atoms with Crippen molar-refractivity contribution in [3.8, 4) is 11.4 Å². The van der Waals surface area contributed by atoms with Crippen molar-refractivity contribution in [3.63, 3.8) is 0 Å². The van der Waals surface area contributed by atoms with Crippen LogP contribution >= 0.6 is 15.9 Å². The maximum Gasteiger partial charge on any atom is 0.231 e. The summed E-state index contributed by atoms with van der Waals surface area (Å²) in [6.45, 7) is 0. The molecule has 0 spiro atoms. The van der Waals surface area contributed by atoms with E-state index in [1.165, 1.54) is 31.4 Å². The first-order chi connectivity index (χ1) is 10.1. The molecule has 4 atom stereocenters. The third-order valence-electron chi connectivity index (χ3n) is 4.88. The largest absolute Gasteiger partial charge is 0.339 e. The van der Waals surface area contributed by atoms with Crippen molar-refractivity contribution in [2.24, 2.45) is 17.6 Å². The molecule has 2 N–H and O–H groups in total. The number of hydrogen-bond acceptors (Lipinski definition) is 4. The Balaban J connectivity index is 1.67. The van der Waals surface area contributed by atoms with Crippen molar-refractivity contribution >= 4 is 15.9 Å². The number of rotatable bonds is 2. The second-order valence-electron chi connectivity index (χ2n) is 6.02. The summed E-state index contributed by atoms with van der Waals surface area (Å²) in [7, 11) is 0. The summed E-state index contributed by atoms with van der Waals surface area (Å²) in [5, 5.41) is 4.05. The van der Waals surface area contributed by atoms with Crippen LogP contribution in [0.5, 0.6) is 0 Å². The number of fused-ring (bicyclic) bond motifs is 2. The molecule has 6 heteroatoms. The van der Waals surface area contributed by atoms with Gasteiger partial charge in [0.25, 0.3) is 0 Å². The lowest BCUT2D eigenvalue weighted by molar-refractivity contribution is 0.279. The van der Waals surface area contributed by atoms with E-state index < -0.39 is 0 Å². The van der Waals surface area contributed by atoms with Crippen LogP contribution in [0.25, 0.3) is 11.4 Å². The minimum absolute atomic E-state index is 0.119. The highest BCUT2D eigenvalue weighted by atomic mass is 79.9. The molecule has 2 bridgehead atoms. The van der Waals surface area contributed by atoms with E-state index >= 15 is 0 Å². The number of benzene rings is 1. The van der Waals surface area contributed by atoms with Gasteiger partial charge in [-0.2, -0.15) is 4.98 Å². The lowest BCUT2D eigenvalue weighted by atomic mass is 9.85. The van der Waals surface area contributed by atoms with E-state index in [1.54, 1.807) is 6.07 Å². The minimum atomic E-state index is -0.301. The van der Waals surface area contributed by atoms with Crippen molar-refractivity contribution in [3.05, 3.63) is 34.4 Å². The summed E-state index contributed by atoms with van der Waals surface area (Å²) >= 11 is 3.33. The molecule has 2 aromatic rings. The zero-order valence-corrected chi connectivity index (χ0v) is 12.9. The fourth-order valence-electron chi connectivity index (χ4n) is 3.85. The quantitative estimate of drug-likeness (QED) is 0.899. The van der Waals surface area contributed by atoms with E-state index in [0.29, 0.717) is 28.0 Å². The smallest absolute Gasteiger partial charge is 0.231 e. The van der Waals surface area contributed by atoms with Crippen molar-refractivity contribution in [1.29, 1.82) is 0 Å². The van der Waals surface area contributed by atoms with Gasteiger partial charge in [-0.25, -0.2) is 4.39 Å². The van der Waals surface area contributed by atoms with Gasteiger partial charge in [-0.3, -0.25) is 0 Å². The molecule has 110 valence electrons. The van der Waals surface area contributed by atoms with Crippen LogP contribution < -0.4 is 5.73 Å². The molecule has 2 aliphatic carbocycles. The normalized spacial score (nSPS) is 31.0. The van der Waals surface area contributed by atoms with Crippen molar-refractivity contribution in [2.45, 2.75) is 31.2 Å². The lowest BCUT2D eigenvalue weighted by Gasteiger charge is -2.24. The first kappa shape index (κ1) is 13.4. The van der Waals surface area contributed by atoms with Gasteiger partial charge in [0.2, 0.25) is 11.7 Å². The molecule has 0 saturated heterocycles. The van der Waals surface area contributed by atoms with E-state index in [0.717, 1.165) is 5.56 Å². The van der Waals surface area contributed by atoms with Gasteiger partial charge in [-0.1, -0.05) is 5.16 Å². The van der Waals surface area contributed by atoms with Crippen LogP contribution in [0.15, 0.2) is 27.2 Å². The van der Waals surface area contributed by atoms with Crippen LogP contribution in [0.1, 0.15) is 31.1 Å². The lowest BCUT2D eigenvalue weighted by Crippen LogP contribution is -2.34. The highest BCUT2D eigenvalue weighted by Gasteiger charge is 2.48. The molecule has 1 heterocycles. The summed E-state index contributed by atoms with van der Waals surface area (Å²) in [6, 6.07) is 4.55. The van der Waals surface area contributed by atoms with Crippen LogP contribution in [0, 0.1) is 17.7 Å². The summed E-state index contributed by atoms with van der Waals surface area (Å²) in [5.74, 6) is 2.13. The molecule has 4 rings (SSSR count). The van der Waals surface area contributed by atoms with Gasteiger partial charge in [-0.05, 0) is 65.2 Å². The van der Waals surface area contributed by atoms with Gasteiger partial charge in [0.15, 0.2) is 0 Å². The fourth-order valence-corrected chi connectivity index (χ4v) is 4.38. The Kier molecular flexibility index (Phi) is 3.11. The third kappa shape index (κ3) is 2.12. The third-order valence-corrected chi connectivity index (χ3v) is 5.54. The van der Waals surface area contributed by atoms with E-state index in [9.17, 15) is 4.39 Å². The van der Waals surface area contributed by atoms with Crippen LogP contribution in [0.4, 0.5) is 4.39 Å². The van der Waals surface area contributed by atoms with Crippen molar-refractivity contribution < 1.29 is 8.91 Å². The molecule has 4 nitrogen and oxygen atoms in total. The Morgan fingerprint density at radius 2 is 2.10 bits per heavy atom. The molecular weight excluding hydrogens is 337 g/mol. The van der Waals surface area contributed by atoms with Crippen LogP contribution in [-0.4, -0.2) is 16.2 Å². The van der Waals surface area contributed by atoms with Gasteiger partial charge in [0, 0.05) is 16.1 Å². The van der Waals surface area contributed by atoms with E-state index in [-0.39, 0.29) is 17.8 Å². The molecular formula is C15H15BrFN3O. The molecule has 21 heavy (non-hydrogen) atoms. The zero-order chi connectivity index (χ0) is 14.6. The Labute approximate surface area is 130 Å². The number of halogens is 2. The van der Waals surface area contributed by atoms with Gasteiger partial charge < -0.3 is 10.3 Å². The minimum Gasteiger partial charge on any atom is -0.339 e. The summed E-state index contributed by atoms with van der Waals surface area (Å²) in [4.78, 5) is 4.51. The van der Waals surface area contributed by atoms with Gasteiger partial charge in [0.05, 0.1) is 5.92 Å². The first-order valence-corrected chi connectivity index (χ1v) is 7.97.